The average molecular weight is 193 g/mol. The quantitative estimate of drug-likeness (QED) is 0.537. The topological polar surface area (TPSA) is 54.4 Å². The normalized spacial score (nSPS) is 11.8. The van der Waals surface area contributed by atoms with Crippen LogP contribution in [0.2, 0.25) is 0 Å². The fourth-order valence-electron chi connectivity index (χ4n) is 0.205. The summed E-state index contributed by atoms with van der Waals surface area (Å²) in [5.74, 6) is 0. The van der Waals surface area contributed by atoms with Crippen LogP contribution in [0.5, 0.6) is 0 Å². The zero-order valence-corrected chi connectivity index (χ0v) is 7.04. The SMILES string of the molecule is Cl.O=C(Cl)CC[PH](=O)O. The van der Waals surface area contributed by atoms with E-state index in [1.54, 1.807) is 0 Å². The molecule has 0 aliphatic rings. The highest BCUT2D eigenvalue weighted by Gasteiger charge is 1.97. The van der Waals surface area contributed by atoms with Gasteiger partial charge in [-0.05, 0) is 11.6 Å². The fraction of sp³-hybridized carbons (Fsp3) is 0.667. The summed E-state index contributed by atoms with van der Waals surface area (Å²) in [4.78, 5) is 18.0. The van der Waals surface area contributed by atoms with E-state index >= 15 is 0 Å². The molecule has 0 heterocycles. The molecule has 0 rings (SSSR count). The van der Waals surface area contributed by atoms with Crippen molar-refractivity contribution in [3.05, 3.63) is 0 Å². The van der Waals surface area contributed by atoms with Crippen LogP contribution in [0.4, 0.5) is 0 Å². The Hall–Kier alpha value is 0.440. The van der Waals surface area contributed by atoms with Gasteiger partial charge in [-0.3, -0.25) is 9.36 Å². The van der Waals surface area contributed by atoms with Crippen molar-refractivity contribution in [3.8, 4) is 0 Å². The third kappa shape index (κ3) is 11.8. The fourth-order valence-corrected chi connectivity index (χ4v) is 0.899. The zero-order chi connectivity index (χ0) is 6.57. The van der Waals surface area contributed by atoms with Crippen LogP contribution in [0.1, 0.15) is 6.42 Å². The van der Waals surface area contributed by atoms with Gasteiger partial charge in [0.05, 0.1) is 0 Å². The highest BCUT2D eigenvalue weighted by atomic mass is 35.5. The Morgan fingerprint density at radius 2 is 2.11 bits per heavy atom. The highest BCUT2D eigenvalue weighted by Crippen LogP contribution is 2.13. The molecular weight excluding hydrogens is 186 g/mol. The minimum Gasteiger partial charge on any atom is -0.346 e. The van der Waals surface area contributed by atoms with Crippen molar-refractivity contribution in [2.24, 2.45) is 0 Å². The lowest BCUT2D eigenvalue weighted by molar-refractivity contribution is -0.111. The molecule has 6 heteroatoms. The molecule has 1 N–H and O–H groups in total. The summed E-state index contributed by atoms with van der Waals surface area (Å²) in [5, 5.41) is -0.558. The van der Waals surface area contributed by atoms with E-state index in [0.717, 1.165) is 0 Å². The molecule has 0 aliphatic heterocycles. The van der Waals surface area contributed by atoms with E-state index < -0.39 is 13.3 Å². The van der Waals surface area contributed by atoms with Crippen LogP contribution in [0, 0.1) is 0 Å². The van der Waals surface area contributed by atoms with Crippen molar-refractivity contribution < 1.29 is 14.3 Å². The lowest BCUT2D eigenvalue weighted by Crippen LogP contribution is -1.86. The van der Waals surface area contributed by atoms with E-state index in [2.05, 4.69) is 0 Å². The van der Waals surface area contributed by atoms with E-state index in [1.807, 2.05) is 0 Å². The van der Waals surface area contributed by atoms with Crippen LogP contribution in [-0.2, 0) is 9.36 Å². The van der Waals surface area contributed by atoms with Crippen molar-refractivity contribution >= 4 is 37.3 Å². The molecule has 56 valence electrons. The molecule has 0 amide bonds. The Balaban J connectivity index is 0. The van der Waals surface area contributed by atoms with Crippen molar-refractivity contribution in [2.75, 3.05) is 6.16 Å². The van der Waals surface area contributed by atoms with Gasteiger partial charge in [-0.1, -0.05) is 0 Å². The summed E-state index contributed by atoms with van der Waals surface area (Å²) in [6.45, 7) is 0. The van der Waals surface area contributed by atoms with Gasteiger partial charge < -0.3 is 4.89 Å². The van der Waals surface area contributed by atoms with Crippen LogP contribution in [0.25, 0.3) is 0 Å². The molecule has 3 nitrogen and oxygen atoms in total. The van der Waals surface area contributed by atoms with Crippen LogP contribution >= 0.6 is 32.0 Å². The minimum absolute atomic E-state index is 0. The number of carbonyl (C=O) groups excluding carboxylic acids is 1. The molecule has 9 heavy (non-hydrogen) atoms. The maximum absolute atomic E-state index is 9.88. The summed E-state index contributed by atoms with van der Waals surface area (Å²) in [5.41, 5.74) is 0. The maximum Gasteiger partial charge on any atom is 0.222 e. The van der Waals surface area contributed by atoms with Gasteiger partial charge in [0.1, 0.15) is 0 Å². The Kier molecular flexibility index (Phi) is 8.85. The largest absolute Gasteiger partial charge is 0.346 e. The molecule has 0 aliphatic carbocycles. The van der Waals surface area contributed by atoms with Gasteiger partial charge in [0, 0.05) is 12.6 Å². The summed E-state index contributed by atoms with van der Waals surface area (Å²) < 4.78 is 9.88. The summed E-state index contributed by atoms with van der Waals surface area (Å²) in [7, 11) is -2.49. The Bertz CT molecular complexity index is 102. The number of rotatable bonds is 3. The summed E-state index contributed by atoms with van der Waals surface area (Å²) in [6.07, 6.45) is 0.00283. The lowest BCUT2D eigenvalue weighted by Gasteiger charge is -1.85. The highest BCUT2D eigenvalue weighted by molar-refractivity contribution is 7.38. The number of hydrogen-bond acceptors (Lipinski definition) is 2. The monoisotopic (exact) mass is 192 g/mol. The van der Waals surface area contributed by atoms with Crippen molar-refractivity contribution in [1.82, 2.24) is 0 Å². The van der Waals surface area contributed by atoms with E-state index in [1.165, 1.54) is 0 Å². The van der Waals surface area contributed by atoms with E-state index in [-0.39, 0.29) is 25.0 Å². The number of carbonyl (C=O) groups is 1. The summed E-state index contributed by atoms with van der Waals surface area (Å²) in [6, 6.07) is 0. The molecule has 0 fully saturated rings. The van der Waals surface area contributed by atoms with E-state index in [9.17, 15) is 9.36 Å². The molecule has 1 atom stereocenters. The molecule has 0 saturated heterocycles. The van der Waals surface area contributed by atoms with Gasteiger partial charge in [0.25, 0.3) is 0 Å². The molecule has 0 bridgehead atoms. The first-order valence-electron chi connectivity index (χ1n) is 2.03. The Labute approximate surface area is 64.7 Å². The van der Waals surface area contributed by atoms with Crippen LogP contribution < -0.4 is 0 Å². The van der Waals surface area contributed by atoms with E-state index in [4.69, 9.17) is 16.5 Å². The van der Waals surface area contributed by atoms with Gasteiger partial charge >= 0.3 is 0 Å². The van der Waals surface area contributed by atoms with Gasteiger partial charge in [-0.25, -0.2) is 0 Å². The average Bonchev–Trinajstić information content (AvgIpc) is 1.61. The lowest BCUT2D eigenvalue weighted by atomic mass is 10.6. The van der Waals surface area contributed by atoms with Crippen LogP contribution in [0.15, 0.2) is 0 Å². The standard InChI is InChI=1S/C3H6ClO3P.ClH/c4-3(5)1-2-8(6)7;/h8H,1-2H2,(H,6,7);1H. The molecule has 0 spiro atoms. The van der Waals surface area contributed by atoms with Crippen molar-refractivity contribution in [3.63, 3.8) is 0 Å². The second-order valence-electron chi connectivity index (χ2n) is 1.25. The van der Waals surface area contributed by atoms with Gasteiger partial charge in [-0.2, -0.15) is 0 Å². The second kappa shape index (κ2) is 6.56. The summed E-state index contributed by atoms with van der Waals surface area (Å²) >= 11 is 4.85. The molecule has 0 aromatic heterocycles. The molecule has 1 unspecified atom stereocenters. The predicted molar refractivity (Wildman–Crippen MR) is 38.8 cm³/mol. The second-order valence-corrected chi connectivity index (χ2v) is 2.96. The van der Waals surface area contributed by atoms with Gasteiger partial charge in [-0.15, -0.1) is 12.4 Å². The zero-order valence-electron chi connectivity index (χ0n) is 4.46. The number of hydrogen-bond donors (Lipinski definition) is 1. The predicted octanol–water partition coefficient (Wildman–Crippen LogP) is 1.03. The van der Waals surface area contributed by atoms with Crippen LogP contribution in [-0.4, -0.2) is 16.3 Å². The van der Waals surface area contributed by atoms with Crippen molar-refractivity contribution in [1.29, 1.82) is 0 Å². The van der Waals surface area contributed by atoms with Crippen LogP contribution in [0.3, 0.4) is 0 Å². The first kappa shape index (κ1) is 12.1. The Morgan fingerprint density at radius 1 is 1.67 bits per heavy atom. The van der Waals surface area contributed by atoms with Gasteiger partial charge in [0.15, 0.2) is 8.03 Å². The van der Waals surface area contributed by atoms with Crippen molar-refractivity contribution in [2.45, 2.75) is 6.42 Å². The third-order valence-electron chi connectivity index (χ3n) is 0.535. The van der Waals surface area contributed by atoms with E-state index in [0.29, 0.717) is 0 Å². The molecule has 0 aromatic rings. The smallest absolute Gasteiger partial charge is 0.222 e. The molecule has 0 radical (unpaired) electrons. The molecule has 0 saturated carbocycles. The third-order valence-corrected chi connectivity index (χ3v) is 1.40. The first-order valence-corrected chi connectivity index (χ1v) is 3.97. The van der Waals surface area contributed by atoms with Gasteiger partial charge in [0.2, 0.25) is 5.24 Å². The minimum atomic E-state index is -2.49. The maximum atomic E-state index is 9.88. The Morgan fingerprint density at radius 3 is 2.22 bits per heavy atom. The first-order chi connectivity index (χ1) is 3.63. The molecule has 0 aromatic carbocycles. The number of halogens is 2. The molecular formula is C3H7Cl2O3P.